The van der Waals surface area contributed by atoms with Crippen LogP contribution in [0.3, 0.4) is 0 Å². The Morgan fingerprint density at radius 2 is 1.73 bits per heavy atom. The summed E-state index contributed by atoms with van der Waals surface area (Å²) in [6.45, 7) is 0.305. The number of para-hydroxylation sites is 3. The number of anilines is 2. The number of aromatic nitrogens is 3. The molecule has 1 N–H and O–H groups in total. The Hall–Kier alpha value is -4.00. The summed E-state index contributed by atoms with van der Waals surface area (Å²) >= 11 is 0. The van der Waals surface area contributed by atoms with Gasteiger partial charge in [0.25, 0.3) is 5.91 Å². The van der Waals surface area contributed by atoms with Crippen molar-refractivity contribution in [3.8, 4) is 0 Å². The van der Waals surface area contributed by atoms with Gasteiger partial charge in [0.15, 0.2) is 0 Å². The van der Waals surface area contributed by atoms with Gasteiger partial charge in [-0.25, -0.2) is 4.98 Å². The molecule has 2 aromatic heterocycles. The molecule has 2 aromatic carbocycles. The molecule has 0 saturated heterocycles. The predicted molar refractivity (Wildman–Crippen MR) is 114 cm³/mol. The second-order valence-corrected chi connectivity index (χ2v) is 7.15. The highest BCUT2D eigenvalue weighted by Gasteiger charge is 2.41. The van der Waals surface area contributed by atoms with Crippen LogP contribution in [0, 0.1) is 0 Å². The third-order valence-corrected chi connectivity index (χ3v) is 5.16. The lowest BCUT2D eigenvalue weighted by Gasteiger charge is -2.15. The zero-order chi connectivity index (χ0) is 20.5. The summed E-state index contributed by atoms with van der Waals surface area (Å²) in [5.74, 6) is 0.171. The van der Waals surface area contributed by atoms with Gasteiger partial charge in [-0.15, -0.1) is 0 Å². The molecule has 0 fully saturated rings. The van der Waals surface area contributed by atoms with Crippen LogP contribution in [0.1, 0.15) is 18.2 Å². The van der Waals surface area contributed by atoms with Crippen molar-refractivity contribution in [2.75, 3.05) is 10.2 Å². The normalized spacial score (nSPS) is 15.4. The van der Waals surface area contributed by atoms with Crippen molar-refractivity contribution in [1.29, 1.82) is 0 Å². The minimum atomic E-state index is -0.653. The summed E-state index contributed by atoms with van der Waals surface area (Å²) in [7, 11) is 0. The zero-order valence-electron chi connectivity index (χ0n) is 16.1. The molecule has 4 aromatic rings. The number of imidazole rings is 1. The highest BCUT2D eigenvalue weighted by Crippen LogP contribution is 2.37. The van der Waals surface area contributed by atoms with Gasteiger partial charge >= 0.3 is 0 Å². The van der Waals surface area contributed by atoms with Gasteiger partial charge in [0.1, 0.15) is 6.04 Å². The Labute approximate surface area is 173 Å². The number of amides is 2. The van der Waals surface area contributed by atoms with Crippen molar-refractivity contribution in [2.24, 2.45) is 0 Å². The number of nitrogens with one attached hydrogen (secondary N) is 1. The molecule has 5 rings (SSSR count). The summed E-state index contributed by atoms with van der Waals surface area (Å²) in [4.78, 5) is 36.7. The van der Waals surface area contributed by atoms with Crippen LogP contribution in [0.15, 0.2) is 79.0 Å². The highest BCUT2D eigenvalue weighted by molar-refractivity contribution is 6.05. The predicted octanol–water partition coefficient (Wildman–Crippen LogP) is 3.55. The first-order valence-corrected chi connectivity index (χ1v) is 9.74. The van der Waals surface area contributed by atoms with Gasteiger partial charge in [-0.1, -0.05) is 36.4 Å². The molecule has 0 radical (unpaired) electrons. The molecule has 1 atom stereocenters. The van der Waals surface area contributed by atoms with E-state index in [-0.39, 0.29) is 18.2 Å². The van der Waals surface area contributed by atoms with E-state index in [2.05, 4.69) is 15.3 Å². The fourth-order valence-corrected chi connectivity index (χ4v) is 3.81. The lowest BCUT2D eigenvalue weighted by Crippen LogP contribution is -2.31. The van der Waals surface area contributed by atoms with Crippen LogP contribution in [-0.4, -0.2) is 26.3 Å². The molecule has 2 amide bonds. The SMILES string of the molecule is O=C(C[C@H]1C(=O)N(Cc2ccccn2)c2nc3ccccc3n21)Nc1ccccc1. The second-order valence-electron chi connectivity index (χ2n) is 7.15. The molecule has 148 valence electrons. The molecule has 0 spiro atoms. The summed E-state index contributed by atoms with van der Waals surface area (Å²) in [6, 6.07) is 21.8. The lowest BCUT2D eigenvalue weighted by atomic mass is 10.1. The van der Waals surface area contributed by atoms with Crippen LogP contribution >= 0.6 is 0 Å². The van der Waals surface area contributed by atoms with Gasteiger partial charge in [-0.2, -0.15) is 0 Å². The Balaban J connectivity index is 1.48. The van der Waals surface area contributed by atoms with E-state index in [0.29, 0.717) is 18.2 Å². The molecule has 1 aliphatic heterocycles. The number of benzene rings is 2. The van der Waals surface area contributed by atoms with E-state index >= 15 is 0 Å². The fourth-order valence-electron chi connectivity index (χ4n) is 3.81. The van der Waals surface area contributed by atoms with Gasteiger partial charge in [0.2, 0.25) is 11.9 Å². The Bertz CT molecular complexity index is 1220. The van der Waals surface area contributed by atoms with Crippen LogP contribution in [-0.2, 0) is 16.1 Å². The molecule has 0 unspecified atom stereocenters. The fraction of sp³-hybridized carbons (Fsp3) is 0.130. The minimum Gasteiger partial charge on any atom is -0.326 e. The summed E-state index contributed by atoms with van der Waals surface area (Å²) < 4.78 is 1.87. The standard InChI is InChI=1S/C23H19N5O2/c29-21(25-16-8-2-1-3-9-16)14-20-22(30)27(15-17-10-6-7-13-24-17)23-26-18-11-4-5-12-19(18)28(20)23/h1-13,20H,14-15H2,(H,25,29)/t20-/m0/s1. The molecule has 1 aliphatic rings. The molecular weight excluding hydrogens is 378 g/mol. The van der Waals surface area contributed by atoms with Crippen molar-refractivity contribution >= 4 is 34.5 Å². The molecule has 7 heteroatoms. The molecule has 3 heterocycles. The zero-order valence-corrected chi connectivity index (χ0v) is 16.1. The number of hydrogen-bond donors (Lipinski definition) is 1. The van der Waals surface area contributed by atoms with Crippen molar-refractivity contribution < 1.29 is 9.59 Å². The van der Waals surface area contributed by atoms with Crippen LogP contribution in [0.2, 0.25) is 0 Å². The number of nitrogens with zero attached hydrogens (tertiary/aromatic N) is 4. The van der Waals surface area contributed by atoms with Gasteiger partial charge in [-0.3, -0.25) is 24.0 Å². The van der Waals surface area contributed by atoms with E-state index in [9.17, 15) is 9.59 Å². The first-order chi connectivity index (χ1) is 14.7. The average molecular weight is 397 g/mol. The van der Waals surface area contributed by atoms with E-state index in [1.165, 1.54) is 0 Å². The van der Waals surface area contributed by atoms with E-state index in [1.54, 1.807) is 11.1 Å². The number of fused-ring (bicyclic) bond motifs is 3. The molecule has 0 saturated carbocycles. The second kappa shape index (κ2) is 7.44. The van der Waals surface area contributed by atoms with Crippen molar-refractivity contribution in [1.82, 2.24) is 14.5 Å². The number of carbonyl (C=O) groups excluding carboxylic acids is 2. The first-order valence-electron chi connectivity index (χ1n) is 9.74. The molecule has 7 nitrogen and oxygen atoms in total. The van der Waals surface area contributed by atoms with Gasteiger partial charge in [0, 0.05) is 11.9 Å². The third kappa shape index (κ3) is 3.20. The van der Waals surface area contributed by atoms with Gasteiger partial charge in [0.05, 0.1) is 29.7 Å². The monoisotopic (exact) mass is 397 g/mol. The number of pyridine rings is 1. The number of rotatable bonds is 5. The maximum Gasteiger partial charge on any atom is 0.253 e. The van der Waals surface area contributed by atoms with Gasteiger partial charge < -0.3 is 5.32 Å². The maximum absolute atomic E-state index is 13.3. The Kier molecular flexibility index (Phi) is 4.48. The number of hydrogen-bond acceptors (Lipinski definition) is 4. The molecule has 0 bridgehead atoms. The van der Waals surface area contributed by atoms with Gasteiger partial charge in [-0.05, 0) is 36.4 Å². The van der Waals surface area contributed by atoms with Crippen LogP contribution in [0.4, 0.5) is 11.6 Å². The summed E-state index contributed by atoms with van der Waals surface area (Å²) in [5, 5.41) is 2.87. The maximum atomic E-state index is 13.3. The van der Waals surface area contributed by atoms with E-state index in [1.807, 2.05) is 77.4 Å². The van der Waals surface area contributed by atoms with E-state index in [4.69, 9.17) is 0 Å². The highest BCUT2D eigenvalue weighted by atomic mass is 16.2. The Morgan fingerprint density at radius 1 is 0.967 bits per heavy atom. The minimum absolute atomic E-state index is 0.0276. The smallest absolute Gasteiger partial charge is 0.253 e. The molecule has 0 aliphatic carbocycles. The largest absolute Gasteiger partial charge is 0.326 e. The topological polar surface area (TPSA) is 80.1 Å². The lowest BCUT2D eigenvalue weighted by molar-refractivity contribution is -0.124. The molecule has 30 heavy (non-hydrogen) atoms. The van der Waals surface area contributed by atoms with E-state index in [0.717, 1.165) is 16.7 Å². The van der Waals surface area contributed by atoms with Crippen molar-refractivity contribution in [3.05, 3.63) is 84.7 Å². The first kappa shape index (κ1) is 18.1. The third-order valence-electron chi connectivity index (χ3n) is 5.16. The molecular formula is C23H19N5O2. The quantitative estimate of drug-likeness (QED) is 0.559. The van der Waals surface area contributed by atoms with Crippen molar-refractivity contribution in [2.45, 2.75) is 19.0 Å². The summed E-state index contributed by atoms with van der Waals surface area (Å²) in [5.41, 5.74) is 3.09. The van der Waals surface area contributed by atoms with Crippen LogP contribution in [0.5, 0.6) is 0 Å². The summed E-state index contributed by atoms with van der Waals surface area (Å²) in [6.07, 6.45) is 1.73. The van der Waals surface area contributed by atoms with Crippen LogP contribution in [0.25, 0.3) is 11.0 Å². The average Bonchev–Trinajstić information content (AvgIpc) is 3.26. The van der Waals surface area contributed by atoms with Crippen molar-refractivity contribution in [3.63, 3.8) is 0 Å². The number of carbonyl (C=O) groups is 2. The Morgan fingerprint density at radius 3 is 2.53 bits per heavy atom. The van der Waals surface area contributed by atoms with Crippen LogP contribution < -0.4 is 10.2 Å². The van der Waals surface area contributed by atoms with E-state index < -0.39 is 6.04 Å².